The van der Waals surface area contributed by atoms with Crippen LogP contribution in [0.5, 0.6) is 0 Å². The van der Waals surface area contributed by atoms with E-state index in [2.05, 4.69) is 20.6 Å². The molecule has 0 aliphatic carbocycles. The van der Waals surface area contributed by atoms with Gasteiger partial charge in [-0.15, -0.1) is 0 Å². The SMILES string of the molecule is CCc1nc(NC)cc(Nc2cc(Cl)c(C)cc2Cl)n1. The zero-order valence-corrected chi connectivity index (χ0v) is 13.1. The standard InChI is InChI=1S/C14H16Cl2N4/c1-4-12-19-13(17-3)7-14(20-12)18-11-6-9(15)8(2)5-10(11)16/h5-7H,4H2,1-3H3,(H2,17,18,19,20). The van der Waals surface area contributed by atoms with Crippen molar-refractivity contribution in [1.29, 1.82) is 0 Å². The molecule has 0 radical (unpaired) electrons. The molecule has 2 N–H and O–H groups in total. The lowest BCUT2D eigenvalue weighted by molar-refractivity contribution is 0.945. The van der Waals surface area contributed by atoms with E-state index in [1.165, 1.54) is 0 Å². The van der Waals surface area contributed by atoms with Gasteiger partial charge in [0.15, 0.2) is 0 Å². The van der Waals surface area contributed by atoms with Gasteiger partial charge in [0.2, 0.25) is 0 Å². The van der Waals surface area contributed by atoms with Crippen molar-refractivity contribution >= 4 is 40.5 Å². The van der Waals surface area contributed by atoms with Crippen LogP contribution in [0.25, 0.3) is 0 Å². The summed E-state index contributed by atoms with van der Waals surface area (Å²) in [6, 6.07) is 5.45. The average Bonchev–Trinajstić information content (AvgIpc) is 2.44. The van der Waals surface area contributed by atoms with Crippen LogP contribution in [0.4, 0.5) is 17.3 Å². The van der Waals surface area contributed by atoms with Crippen LogP contribution in [-0.2, 0) is 6.42 Å². The Morgan fingerprint density at radius 1 is 1.05 bits per heavy atom. The van der Waals surface area contributed by atoms with Crippen LogP contribution in [0.3, 0.4) is 0 Å². The van der Waals surface area contributed by atoms with Crippen molar-refractivity contribution in [2.24, 2.45) is 0 Å². The molecule has 1 aromatic heterocycles. The van der Waals surface area contributed by atoms with Crippen molar-refractivity contribution in [2.75, 3.05) is 17.7 Å². The molecule has 0 saturated carbocycles. The Morgan fingerprint density at radius 3 is 2.40 bits per heavy atom. The fraction of sp³-hybridized carbons (Fsp3) is 0.286. The minimum Gasteiger partial charge on any atom is -0.373 e. The zero-order valence-electron chi connectivity index (χ0n) is 11.6. The minimum atomic E-state index is 0.606. The van der Waals surface area contributed by atoms with Crippen LogP contribution in [0.2, 0.25) is 10.0 Å². The van der Waals surface area contributed by atoms with E-state index in [1.54, 1.807) is 6.07 Å². The van der Waals surface area contributed by atoms with Gasteiger partial charge in [0.25, 0.3) is 0 Å². The van der Waals surface area contributed by atoms with E-state index in [0.717, 1.165) is 29.3 Å². The van der Waals surface area contributed by atoms with Gasteiger partial charge < -0.3 is 10.6 Å². The highest BCUT2D eigenvalue weighted by Crippen LogP contribution is 2.31. The van der Waals surface area contributed by atoms with Crippen molar-refractivity contribution in [2.45, 2.75) is 20.3 Å². The number of halogens is 2. The van der Waals surface area contributed by atoms with E-state index >= 15 is 0 Å². The molecule has 106 valence electrons. The molecule has 1 heterocycles. The van der Waals surface area contributed by atoms with Crippen molar-refractivity contribution in [3.8, 4) is 0 Å². The highest BCUT2D eigenvalue weighted by molar-refractivity contribution is 6.35. The molecular formula is C14H16Cl2N4. The highest BCUT2D eigenvalue weighted by atomic mass is 35.5. The molecule has 0 aliphatic rings. The van der Waals surface area contributed by atoms with Crippen LogP contribution >= 0.6 is 23.2 Å². The minimum absolute atomic E-state index is 0.606. The van der Waals surface area contributed by atoms with E-state index in [9.17, 15) is 0 Å². The number of nitrogens with zero attached hydrogens (tertiary/aromatic N) is 2. The molecule has 0 saturated heterocycles. The monoisotopic (exact) mass is 310 g/mol. The molecule has 4 nitrogen and oxygen atoms in total. The van der Waals surface area contributed by atoms with Crippen molar-refractivity contribution < 1.29 is 0 Å². The highest BCUT2D eigenvalue weighted by Gasteiger charge is 2.08. The predicted octanol–water partition coefficient (Wildman–Crippen LogP) is 4.44. The second kappa shape index (κ2) is 6.29. The number of aryl methyl sites for hydroxylation is 2. The smallest absolute Gasteiger partial charge is 0.136 e. The molecule has 0 atom stereocenters. The third kappa shape index (κ3) is 3.32. The molecule has 2 aromatic rings. The fourth-order valence-corrected chi connectivity index (χ4v) is 2.16. The lowest BCUT2D eigenvalue weighted by atomic mass is 10.2. The summed E-state index contributed by atoms with van der Waals surface area (Å²) in [6.45, 7) is 3.92. The quantitative estimate of drug-likeness (QED) is 0.876. The third-order valence-electron chi connectivity index (χ3n) is 2.86. The Morgan fingerprint density at radius 2 is 1.75 bits per heavy atom. The number of hydrogen-bond donors (Lipinski definition) is 2. The van der Waals surface area contributed by atoms with Gasteiger partial charge in [0.05, 0.1) is 10.7 Å². The molecule has 6 heteroatoms. The van der Waals surface area contributed by atoms with Crippen molar-refractivity contribution in [3.63, 3.8) is 0 Å². The maximum atomic E-state index is 6.22. The second-order valence-electron chi connectivity index (χ2n) is 4.36. The molecule has 0 bridgehead atoms. The Kier molecular flexibility index (Phi) is 4.68. The van der Waals surface area contributed by atoms with E-state index in [4.69, 9.17) is 23.2 Å². The molecule has 20 heavy (non-hydrogen) atoms. The maximum Gasteiger partial charge on any atom is 0.136 e. The predicted molar refractivity (Wildman–Crippen MR) is 85.4 cm³/mol. The summed E-state index contributed by atoms with van der Waals surface area (Å²) in [6.07, 6.45) is 0.757. The van der Waals surface area contributed by atoms with Crippen LogP contribution in [0, 0.1) is 6.92 Å². The fourth-order valence-electron chi connectivity index (χ4n) is 1.73. The van der Waals surface area contributed by atoms with Crippen LogP contribution in [-0.4, -0.2) is 17.0 Å². The molecule has 2 rings (SSSR count). The molecular weight excluding hydrogens is 295 g/mol. The summed E-state index contributed by atoms with van der Waals surface area (Å²) in [4.78, 5) is 8.77. The molecule has 0 amide bonds. The zero-order chi connectivity index (χ0) is 14.7. The first kappa shape index (κ1) is 14.9. The maximum absolute atomic E-state index is 6.22. The number of rotatable bonds is 4. The van der Waals surface area contributed by atoms with Gasteiger partial charge in [0.1, 0.15) is 17.5 Å². The number of hydrogen-bond acceptors (Lipinski definition) is 4. The summed E-state index contributed by atoms with van der Waals surface area (Å²) in [7, 11) is 1.82. The summed E-state index contributed by atoms with van der Waals surface area (Å²) < 4.78 is 0. The normalized spacial score (nSPS) is 10.4. The Hall–Kier alpha value is -1.52. The summed E-state index contributed by atoms with van der Waals surface area (Å²) in [5.41, 5.74) is 1.67. The first-order valence-electron chi connectivity index (χ1n) is 6.32. The van der Waals surface area contributed by atoms with Crippen molar-refractivity contribution in [1.82, 2.24) is 9.97 Å². The summed E-state index contributed by atoms with van der Waals surface area (Å²) in [5, 5.41) is 7.46. The van der Waals surface area contributed by atoms with Crippen LogP contribution in [0.1, 0.15) is 18.3 Å². The first-order valence-corrected chi connectivity index (χ1v) is 7.07. The number of anilines is 3. The number of benzene rings is 1. The van der Waals surface area contributed by atoms with Gasteiger partial charge in [-0.1, -0.05) is 30.1 Å². The van der Waals surface area contributed by atoms with Gasteiger partial charge in [-0.2, -0.15) is 0 Å². The van der Waals surface area contributed by atoms with Gasteiger partial charge in [0, 0.05) is 24.6 Å². The van der Waals surface area contributed by atoms with Crippen LogP contribution in [0.15, 0.2) is 18.2 Å². The Bertz CT molecular complexity index is 607. The van der Waals surface area contributed by atoms with Gasteiger partial charge in [-0.05, 0) is 24.6 Å². The Balaban J connectivity index is 2.36. The van der Waals surface area contributed by atoms with E-state index in [0.29, 0.717) is 15.9 Å². The molecule has 0 aliphatic heterocycles. The molecule has 1 aromatic carbocycles. The average molecular weight is 311 g/mol. The largest absolute Gasteiger partial charge is 0.373 e. The Labute approximate surface area is 128 Å². The third-order valence-corrected chi connectivity index (χ3v) is 3.58. The summed E-state index contributed by atoms with van der Waals surface area (Å²) in [5.74, 6) is 2.20. The molecule has 0 fully saturated rings. The van der Waals surface area contributed by atoms with E-state index in [-0.39, 0.29) is 0 Å². The molecule has 0 spiro atoms. The number of aromatic nitrogens is 2. The summed E-state index contributed by atoms with van der Waals surface area (Å²) >= 11 is 12.3. The second-order valence-corrected chi connectivity index (χ2v) is 5.18. The topological polar surface area (TPSA) is 49.8 Å². The van der Waals surface area contributed by atoms with Crippen LogP contribution < -0.4 is 10.6 Å². The van der Waals surface area contributed by atoms with E-state index in [1.807, 2.05) is 33.0 Å². The van der Waals surface area contributed by atoms with Gasteiger partial charge in [-0.25, -0.2) is 9.97 Å². The molecule has 0 unspecified atom stereocenters. The lowest BCUT2D eigenvalue weighted by Gasteiger charge is -2.11. The van der Waals surface area contributed by atoms with Gasteiger partial charge >= 0.3 is 0 Å². The lowest BCUT2D eigenvalue weighted by Crippen LogP contribution is -2.03. The van der Waals surface area contributed by atoms with Crippen molar-refractivity contribution in [3.05, 3.63) is 39.6 Å². The van der Waals surface area contributed by atoms with E-state index < -0.39 is 0 Å². The van der Waals surface area contributed by atoms with Gasteiger partial charge in [-0.3, -0.25) is 0 Å². The number of nitrogens with one attached hydrogen (secondary N) is 2. The first-order chi connectivity index (χ1) is 9.53.